The molecule has 1 heterocycles. The zero-order chi connectivity index (χ0) is 9.97. The normalized spacial score (nSPS) is 11.5. The van der Waals surface area contributed by atoms with Gasteiger partial charge in [0.15, 0.2) is 5.82 Å². The van der Waals surface area contributed by atoms with E-state index in [1.165, 1.54) is 0 Å². The largest absolute Gasteiger partial charge is 0.392 e. The molecule has 4 heteroatoms. The lowest BCUT2D eigenvalue weighted by Crippen LogP contribution is -1.83. The molecule has 4 nitrogen and oxygen atoms in total. The first-order valence-corrected chi connectivity index (χ1v) is 4.32. The van der Waals surface area contributed by atoms with Crippen LogP contribution in [0.2, 0.25) is 0 Å². The summed E-state index contributed by atoms with van der Waals surface area (Å²) in [4.78, 5) is 0. The predicted octanol–water partition coefficient (Wildman–Crippen LogP) is 1.15. The minimum absolute atomic E-state index is 0.0448. The number of aliphatic hydroxyl groups excluding tert-OH is 1. The first-order chi connectivity index (χ1) is 6.81. The number of nitrogens with two attached hydrogens (primary N) is 1. The van der Waals surface area contributed by atoms with Crippen LogP contribution in [-0.4, -0.2) is 21.9 Å². The summed E-state index contributed by atoms with van der Waals surface area (Å²) >= 11 is 0. The molecule has 0 saturated carbocycles. The van der Waals surface area contributed by atoms with Gasteiger partial charge in [0.1, 0.15) is 0 Å². The van der Waals surface area contributed by atoms with Crippen molar-refractivity contribution in [2.75, 3.05) is 12.3 Å². The third-order valence-corrected chi connectivity index (χ3v) is 2.03. The quantitative estimate of drug-likeness (QED) is 0.663. The monoisotopic (exact) mass is 189 g/mol. The number of nitrogens with zero attached hydrogens (tertiary/aromatic N) is 1. The summed E-state index contributed by atoms with van der Waals surface area (Å²) in [6, 6.07) is 5.77. The van der Waals surface area contributed by atoms with Gasteiger partial charge in [-0.15, -0.1) is 0 Å². The summed E-state index contributed by atoms with van der Waals surface area (Å²) in [6.45, 7) is 0.0448. The molecule has 1 aromatic carbocycles. The molecule has 0 atom stereocenters. The van der Waals surface area contributed by atoms with Crippen molar-refractivity contribution in [2.24, 2.45) is 0 Å². The molecule has 0 unspecified atom stereocenters. The Kier molecular flexibility index (Phi) is 2.20. The van der Waals surface area contributed by atoms with Crippen molar-refractivity contribution >= 4 is 22.8 Å². The Bertz CT molecular complexity index is 473. The van der Waals surface area contributed by atoms with E-state index >= 15 is 0 Å². The molecule has 0 amide bonds. The fraction of sp³-hybridized carbons (Fsp3) is 0.100. The number of nitrogen functional groups attached to an aromatic ring is 1. The minimum Gasteiger partial charge on any atom is -0.392 e. The molecule has 0 fully saturated rings. The van der Waals surface area contributed by atoms with E-state index < -0.39 is 0 Å². The Balaban J connectivity index is 2.47. The van der Waals surface area contributed by atoms with Crippen LogP contribution < -0.4 is 5.73 Å². The van der Waals surface area contributed by atoms with Gasteiger partial charge in [0.2, 0.25) is 0 Å². The van der Waals surface area contributed by atoms with Crippen LogP contribution in [0, 0.1) is 0 Å². The van der Waals surface area contributed by atoms with Gasteiger partial charge >= 0.3 is 0 Å². The highest BCUT2D eigenvalue weighted by atomic mass is 16.2. The number of hydrogen-bond acceptors (Lipinski definition) is 3. The molecule has 0 aliphatic carbocycles. The lowest BCUT2D eigenvalue weighted by molar-refractivity contribution is 0.343. The van der Waals surface area contributed by atoms with Gasteiger partial charge in [0.05, 0.1) is 12.1 Å². The molecule has 4 N–H and O–H groups in total. The minimum atomic E-state index is 0.0448. The molecular formula is C10H11N3O. The molecular weight excluding hydrogens is 178 g/mol. The van der Waals surface area contributed by atoms with Crippen molar-refractivity contribution in [3.8, 4) is 0 Å². The van der Waals surface area contributed by atoms with Crippen LogP contribution in [0.25, 0.3) is 17.0 Å². The highest BCUT2D eigenvalue weighted by Crippen LogP contribution is 2.19. The topological polar surface area (TPSA) is 74.9 Å². The van der Waals surface area contributed by atoms with Gasteiger partial charge in [-0.1, -0.05) is 18.2 Å². The molecule has 72 valence electrons. The lowest BCUT2D eigenvalue weighted by Gasteiger charge is -1.93. The van der Waals surface area contributed by atoms with Gasteiger partial charge in [-0.2, -0.15) is 5.10 Å². The molecule has 0 aliphatic heterocycles. The van der Waals surface area contributed by atoms with Crippen LogP contribution in [0.3, 0.4) is 0 Å². The van der Waals surface area contributed by atoms with Gasteiger partial charge in [0, 0.05) is 5.39 Å². The van der Waals surface area contributed by atoms with Crippen LogP contribution >= 0.6 is 0 Å². The Morgan fingerprint density at radius 1 is 1.50 bits per heavy atom. The summed E-state index contributed by atoms with van der Waals surface area (Å²) in [6.07, 6.45) is 3.53. The Morgan fingerprint density at radius 3 is 3.14 bits per heavy atom. The summed E-state index contributed by atoms with van der Waals surface area (Å²) in [7, 11) is 0. The van der Waals surface area contributed by atoms with Crippen molar-refractivity contribution in [2.45, 2.75) is 0 Å². The van der Waals surface area contributed by atoms with E-state index in [1.54, 1.807) is 6.08 Å². The summed E-state index contributed by atoms with van der Waals surface area (Å²) in [5.41, 5.74) is 7.54. The maximum absolute atomic E-state index is 8.62. The average molecular weight is 189 g/mol. The third kappa shape index (κ3) is 1.47. The van der Waals surface area contributed by atoms with Gasteiger partial charge in [-0.25, -0.2) is 0 Å². The maximum atomic E-state index is 8.62. The summed E-state index contributed by atoms with van der Waals surface area (Å²) in [5, 5.41) is 16.3. The smallest absolute Gasteiger partial charge is 0.153 e. The molecule has 0 saturated heterocycles. The summed E-state index contributed by atoms with van der Waals surface area (Å²) < 4.78 is 0. The number of H-pyrrole nitrogens is 1. The number of aliphatic hydroxyl groups is 1. The number of aromatic nitrogens is 2. The number of aromatic amines is 1. The van der Waals surface area contributed by atoms with E-state index in [2.05, 4.69) is 10.2 Å². The number of rotatable bonds is 2. The van der Waals surface area contributed by atoms with Crippen LogP contribution in [0.5, 0.6) is 0 Å². The Hall–Kier alpha value is -1.81. The zero-order valence-corrected chi connectivity index (χ0v) is 7.57. The number of hydrogen-bond donors (Lipinski definition) is 3. The van der Waals surface area contributed by atoms with Crippen LogP contribution in [0.4, 0.5) is 5.82 Å². The highest BCUT2D eigenvalue weighted by molar-refractivity contribution is 5.89. The molecule has 14 heavy (non-hydrogen) atoms. The number of benzene rings is 1. The van der Waals surface area contributed by atoms with E-state index in [0.717, 1.165) is 16.5 Å². The van der Waals surface area contributed by atoms with Crippen molar-refractivity contribution in [3.05, 3.63) is 29.8 Å². The fourth-order valence-corrected chi connectivity index (χ4v) is 1.35. The van der Waals surface area contributed by atoms with Crippen LogP contribution in [-0.2, 0) is 0 Å². The average Bonchev–Trinajstić information content (AvgIpc) is 2.57. The third-order valence-electron chi connectivity index (χ3n) is 2.03. The SMILES string of the molecule is Nc1n[nH]c2cc(C=CCO)ccc12. The number of anilines is 1. The molecule has 1 aromatic heterocycles. The molecule has 0 aliphatic rings. The van der Waals surface area contributed by atoms with E-state index in [4.69, 9.17) is 10.8 Å². The predicted molar refractivity (Wildman–Crippen MR) is 56.6 cm³/mol. The van der Waals surface area contributed by atoms with Crippen molar-refractivity contribution in [3.63, 3.8) is 0 Å². The van der Waals surface area contributed by atoms with Gasteiger partial charge < -0.3 is 10.8 Å². The Labute approximate surface area is 81.0 Å². The fourth-order valence-electron chi connectivity index (χ4n) is 1.35. The van der Waals surface area contributed by atoms with Gasteiger partial charge in [-0.05, 0) is 17.7 Å². The molecule has 2 rings (SSSR count). The van der Waals surface area contributed by atoms with Crippen molar-refractivity contribution in [1.29, 1.82) is 0 Å². The second-order valence-corrected chi connectivity index (χ2v) is 3.00. The number of fused-ring (bicyclic) bond motifs is 1. The lowest BCUT2D eigenvalue weighted by atomic mass is 10.1. The highest BCUT2D eigenvalue weighted by Gasteiger charge is 2.00. The van der Waals surface area contributed by atoms with Crippen molar-refractivity contribution in [1.82, 2.24) is 10.2 Å². The standard InChI is InChI=1S/C10H11N3O/c11-10-8-4-3-7(2-1-5-14)6-9(8)12-13-10/h1-4,6,14H,5H2,(H3,11,12,13). The first-order valence-electron chi connectivity index (χ1n) is 4.32. The van der Waals surface area contributed by atoms with Crippen LogP contribution in [0.15, 0.2) is 24.3 Å². The maximum Gasteiger partial charge on any atom is 0.153 e. The van der Waals surface area contributed by atoms with Crippen LogP contribution in [0.1, 0.15) is 5.56 Å². The van der Waals surface area contributed by atoms with Gasteiger partial charge in [-0.3, -0.25) is 5.10 Å². The summed E-state index contributed by atoms with van der Waals surface area (Å²) in [5.74, 6) is 0.512. The second kappa shape index (κ2) is 3.51. The van der Waals surface area contributed by atoms with E-state index in [-0.39, 0.29) is 6.61 Å². The first kappa shape index (κ1) is 8.77. The number of nitrogens with one attached hydrogen (secondary N) is 1. The second-order valence-electron chi connectivity index (χ2n) is 3.00. The van der Waals surface area contributed by atoms with Crippen molar-refractivity contribution < 1.29 is 5.11 Å². The van der Waals surface area contributed by atoms with E-state index in [0.29, 0.717) is 5.82 Å². The molecule has 2 aromatic rings. The van der Waals surface area contributed by atoms with Gasteiger partial charge in [0.25, 0.3) is 0 Å². The van der Waals surface area contributed by atoms with E-state index in [9.17, 15) is 0 Å². The zero-order valence-electron chi connectivity index (χ0n) is 7.57. The molecule has 0 spiro atoms. The molecule has 0 radical (unpaired) electrons. The molecule has 0 bridgehead atoms. The Morgan fingerprint density at radius 2 is 2.36 bits per heavy atom. The van der Waals surface area contributed by atoms with E-state index in [1.807, 2.05) is 24.3 Å².